The van der Waals surface area contributed by atoms with Crippen LogP contribution in [-0.2, 0) is 10.8 Å². The summed E-state index contributed by atoms with van der Waals surface area (Å²) in [7, 11) is -8.89. The van der Waals surface area contributed by atoms with Crippen LogP contribution < -0.4 is 10.4 Å². The second-order valence-corrected chi connectivity index (χ2v) is 41.8. The van der Waals surface area contributed by atoms with Crippen LogP contribution in [0.3, 0.4) is 0 Å². The number of thiol groups is 2. The van der Waals surface area contributed by atoms with Gasteiger partial charge in [0.2, 0.25) is 0 Å². The second kappa shape index (κ2) is 21.9. The molecule has 3 aromatic rings. The highest BCUT2D eigenvalue weighted by Gasteiger charge is 2.46. The molecule has 0 fully saturated rings. The first kappa shape index (κ1) is 53.5. The SMILES string of the molecule is CCCCCC(C[Si](C)(O)CCCS)(c1ccc([Si](C)(C)C(C)(C)C)cc1)c1cccc(C(CCCCC)(C[Si](C)(O)CCCS)c2ccc([Si](C)(C)C(C)(C)C)cc2)c1. The molecule has 2 nitrogen and oxygen atoms in total. The lowest BCUT2D eigenvalue weighted by Gasteiger charge is -2.44. The largest absolute Gasteiger partial charge is 0.432 e. The topological polar surface area (TPSA) is 40.5 Å². The maximum atomic E-state index is 12.6. The van der Waals surface area contributed by atoms with E-state index in [-0.39, 0.29) is 20.9 Å². The molecule has 8 heteroatoms. The molecule has 2 N–H and O–H groups in total. The van der Waals surface area contributed by atoms with E-state index in [4.69, 9.17) is 0 Å². The molecule has 60 heavy (non-hydrogen) atoms. The Morgan fingerprint density at radius 3 is 1.08 bits per heavy atom. The zero-order chi connectivity index (χ0) is 45.3. The first-order chi connectivity index (χ1) is 27.8. The molecular weight excluding hydrogens is 833 g/mol. The van der Waals surface area contributed by atoms with Gasteiger partial charge in [0.1, 0.15) is 0 Å². The molecule has 0 bridgehead atoms. The van der Waals surface area contributed by atoms with E-state index in [1.165, 1.54) is 45.5 Å². The van der Waals surface area contributed by atoms with Gasteiger partial charge >= 0.3 is 0 Å². The summed E-state index contributed by atoms with van der Waals surface area (Å²) < 4.78 is 0. The van der Waals surface area contributed by atoms with Crippen molar-refractivity contribution in [3.05, 3.63) is 95.1 Å². The molecule has 0 aromatic heterocycles. The first-order valence-electron chi connectivity index (χ1n) is 23.8. The minimum atomic E-state index is -2.69. The summed E-state index contributed by atoms with van der Waals surface area (Å²) in [6.07, 6.45) is 10.8. The summed E-state index contributed by atoms with van der Waals surface area (Å²) >= 11 is 9.23. The number of hydrogen-bond acceptors (Lipinski definition) is 4. The maximum absolute atomic E-state index is 12.6. The van der Waals surface area contributed by atoms with Gasteiger partial charge in [0.15, 0.2) is 16.6 Å². The van der Waals surface area contributed by atoms with Gasteiger partial charge in [-0.25, -0.2) is 0 Å². The highest BCUT2D eigenvalue weighted by atomic mass is 32.1. The zero-order valence-corrected chi connectivity index (χ0v) is 46.8. The Morgan fingerprint density at radius 1 is 0.467 bits per heavy atom. The van der Waals surface area contributed by atoms with Crippen molar-refractivity contribution in [2.75, 3.05) is 11.5 Å². The zero-order valence-electron chi connectivity index (χ0n) is 41.0. The van der Waals surface area contributed by atoms with Gasteiger partial charge in [0, 0.05) is 10.8 Å². The second-order valence-electron chi connectivity index (χ2n) is 22.6. The number of benzene rings is 3. The van der Waals surface area contributed by atoms with Crippen LogP contribution in [-0.4, -0.2) is 53.9 Å². The molecule has 0 amide bonds. The van der Waals surface area contributed by atoms with E-state index < -0.39 is 32.8 Å². The van der Waals surface area contributed by atoms with Crippen molar-refractivity contribution in [2.45, 2.75) is 204 Å². The van der Waals surface area contributed by atoms with Crippen LogP contribution in [0, 0.1) is 0 Å². The lowest BCUT2D eigenvalue weighted by molar-refractivity contribution is 0.431. The van der Waals surface area contributed by atoms with Crippen LogP contribution in [0.4, 0.5) is 0 Å². The van der Waals surface area contributed by atoms with Crippen LogP contribution in [0.1, 0.15) is 142 Å². The molecule has 0 spiro atoms. The Morgan fingerprint density at radius 2 is 0.800 bits per heavy atom. The van der Waals surface area contributed by atoms with Crippen molar-refractivity contribution in [1.29, 1.82) is 0 Å². The highest BCUT2D eigenvalue weighted by molar-refractivity contribution is 7.80. The minimum Gasteiger partial charge on any atom is -0.432 e. The van der Waals surface area contributed by atoms with E-state index in [9.17, 15) is 9.59 Å². The minimum absolute atomic E-state index is 0.242. The summed E-state index contributed by atoms with van der Waals surface area (Å²) in [6, 6.07) is 32.7. The van der Waals surface area contributed by atoms with Crippen LogP contribution >= 0.6 is 25.3 Å². The van der Waals surface area contributed by atoms with E-state index >= 15 is 0 Å². The predicted molar refractivity (Wildman–Crippen MR) is 287 cm³/mol. The van der Waals surface area contributed by atoms with Gasteiger partial charge in [0.05, 0.1) is 16.1 Å². The van der Waals surface area contributed by atoms with Crippen LogP contribution in [0.5, 0.6) is 0 Å². The average molecular weight is 924 g/mol. The van der Waals surface area contributed by atoms with Crippen molar-refractivity contribution in [3.8, 4) is 0 Å². The van der Waals surface area contributed by atoms with Gasteiger partial charge in [-0.1, -0.05) is 203 Å². The predicted octanol–water partition coefficient (Wildman–Crippen LogP) is 14.6. The molecule has 0 aliphatic rings. The van der Waals surface area contributed by atoms with Crippen molar-refractivity contribution < 1.29 is 9.59 Å². The molecule has 0 saturated heterocycles. The van der Waals surface area contributed by atoms with Crippen LogP contribution in [0.2, 0.25) is 73.5 Å². The normalized spacial score (nSPS) is 17.1. The van der Waals surface area contributed by atoms with Crippen molar-refractivity contribution >= 4 is 68.4 Å². The van der Waals surface area contributed by atoms with Crippen molar-refractivity contribution in [1.82, 2.24) is 0 Å². The third kappa shape index (κ3) is 13.1. The third-order valence-corrected chi connectivity index (χ3v) is 32.8. The molecule has 3 aromatic carbocycles. The Bertz CT molecular complexity index is 1620. The molecule has 4 unspecified atom stereocenters. The molecule has 0 heterocycles. The Kier molecular flexibility index (Phi) is 19.5. The van der Waals surface area contributed by atoms with Gasteiger partial charge in [-0.3, -0.25) is 0 Å². The lowest BCUT2D eigenvalue weighted by atomic mass is 9.68. The Labute approximate surface area is 386 Å². The van der Waals surface area contributed by atoms with Gasteiger partial charge < -0.3 is 9.59 Å². The number of rotatable bonds is 24. The maximum Gasteiger partial charge on any atom is 0.186 e. The van der Waals surface area contributed by atoms with Gasteiger partial charge in [0.25, 0.3) is 0 Å². The molecule has 0 saturated carbocycles. The molecule has 4 atom stereocenters. The van der Waals surface area contributed by atoms with E-state index in [1.807, 2.05) is 0 Å². The monoisotopic (exact) mass is 923 g/mol. The third-order valence-electron chi connectivity index (χ3n) is 15.6. The summed E-state index contributed by atoms with van der Waals surface area (Å²) in [6.45, 7) is 33.5. The molecular formula is C52H90O2S2Si4. The average Bonchev–Trinajstić information content (AvgIpc) is 3.18. The quantitative estimate of drug-likeness (QED) is 0.0411. The summed E-state index contributed by atoms with van der Waals surface area (Å²) in [5.74, 6) is 1.60. The summed E-state index contributed by atoms with van der Waals surface area (Å²) in [5.41, 5.74) is 4.70. The standard InChI is InChI=1S/C52H90O2S2Si4/c1-15-17-19-34-51(41-59(13,53)38-22-36-55,43-26-30-47(31-27-43)57(9,10)49(3,4)5)45-24-21-25-46(40-45)52(35-20-18-16-2,42-60(14,54)39-23-37-56)44-28-32-48(33-29-44)58(11,12)50(6,7)8/h21,24-33,40,53-56H,15-20,22-23,34-39,41-42H2,1-14H3. The van der Waals surface area contributed by atoms with Crippen molar-refractivity contribution in [2.24, 2.45) is 0 Å². The van der Waals surface area contributed by atoms with Gasteiger partial charge in [-0.15, -0.1) is 0 Å². The molecule has 0 radical (unpaired) electrons. The highest BCUT2D eigenvalue weighted by Crippen LogP contribution is 2.50. The van der Waals surface area contributed by atoms with Gasteiger partial charge in [-0.05, 0) is 107 Å². The van der Waals surface area contributed by atoms with E-state index in [1.54, 1.807) is 0 Å². The first-order valence-corrected chi connectivity index (χ1v) is 36.8. The lowest BCUT2D eigenvalue weighted by Crippen LogP contribution is -2.49. The van der Waals surface area contributed by atoms with E-state index in [2.05, 4.69) is 193 Å². The van der Waals surface area contributed by atoms with Gasteiger partial charge in [-0.2, -0.15) is 25.3 Å². The fourth-order valence-corrected chi connectivity index (χ4v) is 20.3. The fourth-order valence-electron chi connectivity index (χ4n) is 9.64. The number of hydrogen-bond donors (Lipinski definition) is 4. The molecule has 0 aliphatic heterocycles. The van der Waals surface area contributed by atoms with Crippen LogP contribution in [0.25, 0.3) is 0 Å². The Balaban J connectivity index is 2.49. The summed E-state index contributed by atoms with van der Waals surface area (Å²) in [4.78, 5) is 25.1. The molecule has 3 rings (SSSR count). The Hall–Kier alpha value is -0.852. The molecule has 0 aliphatic carbocycles. The summed E-state index contributed by atoms with van der Waals surface area (Å²) in [5, 5.41) is 3.48. The van der Waals surface area contributed by atoms with E-state index in [0.717, 1.165) is 87.0 Å². The smallest absolute Gasteiger partial charge is 0.186 e. The molecule has 338 valence electrons. The van der Waals surface area contributed by atoms with E-state index in [0.29, 0.717) is 0 Å². The fraction of sp³-hybridized carbons (Fsp3) is 0.654. The van der Waals surface area contributed by atoms with Crippen LogP contribution in [0.15, 0.2) is 72.8 Å². The number of unbranched alkanes of at least 4 members (excludes halogenated alkanes) is 4. The van der Waals surface area contributed by atoms with Crippen molar-refractivity contribution in [3.63, 3.8) is 0 Å².